The fourth-order valence-electron chi connectivity index (χ4n) is 1.20. The highest BCUT2D eigenvalue weighted by Crippen LogP contribution is 2.34. The van der Waals surface area contributed by atoms with E-state index in [4.69, 9.17) is 0 Å². The quantitative estimate of drug-likeness (QED) is 0.698. The van der Waals surface area contributed by atoms with E-state index in [0.717, 1.165) is 6.92 Å². The normalized spacial score (nSPS) is 12.4. The number of benzene rings is 1. The zero-order valence-electron chi connectivity index (χ0n) is 10.4. The molecule has 0 saturated heterocycles. The highest BCUT2D eigenvalue weighted by Gasteiger charge is 2.36. The van der Waals surface area contributed by atoms with Gasteiger partial charge in [0.1, 0.15) is 0 Å². The van der Waals surface area contributed by atoms with Crippen LogP contribution in [0.1, 0.15) is 49.5 Å². The summed E-state index contributed by atoms with van der Waals surface area (Å²) in [5.41, 5.74) is 0.598. The molecule has 1 unspecified atom stereocenters. The monoisotopic (exact) mass is 246 g/mol. The molecule has 0 aliphatic carbocycles. The van der Waals surface area contributed by atoms with Gasteiger partial charge in [0, 0.05) is 5.56 Å². The lowest BCUT2D eigenvalue weighted by Gasteiger charge is -2.15. The molecule has 0 saturated carbocycles. The van der Waals surface area contributed by atoms with Crippen LogP contribution in [0.4, 0.5) is 13.2 Å². The van der Waals surface area contributed by atoms with Gasteiger partial charge in [-0.05, 0) is 19.4 Å². The molecule has 1 aromatic carbocycles. The number of rotatable bonds is 2. The maximum absolute atomic E-state index is 12.3. The maximum atomic E-state index is 12.3. The van der Waals surface area contributed by atoms with Crippen molar-refractivity contribution in [2.45, 2.75) is 39.8 Å². The minimum absolute atomic E-state index is 0.152. The second-order valence-corrected chi connectivity index (χ2v) is 3.44. The van der Waals surface area contributed by atoms with Crippen molar-refractivity contribution < 1.29 is 18.0 Å². The molecule has 0 fully saturated rings. The Morgan fingerprint density at radius 1 is 1.12 bits per heavy atom. The van der Waals surface area contributed by atoms with E-state index in [-0.39, 0.29) is 11.3 Å². The van der Waals surface area contributed by atoms with Crippen molar-refractivity contribution in [1.29, 1.82) is 0 Å². The third-order valence-electron chi connectivity index (χ3n) is 2.31. The highest BCUT2D eigenvalue weighted by atomic mass is 19.4. The van der Waals surface area contributed by atoms with Gasteiger partial charge in [-0.15, -0.1) is 0 Å². The first kappa shape index (κ1) is 15.7. The number of hydrogen-bond donors (Lipinski definition) is 0. The van der Waals surface area contributed by atoms with Crippen LogP contribution < -0.4 is 0 Å². The first-order chi connectivity index (χ1) is 7.82. The molecule has 4 heteroatoms. The van der Waals surface area contributed by atoms with Crippen molar-refractivity contribution in [2.75, 3.05) is 0 Å². The van der Waals surface area contributed by atoms with Gasteiger partial charge in [0.2, 0.25) is 0 Å². The van der Waals surface area contributed by atoms with Gasteiger partial charge < -0.3 is 0 Å². The van der Waals surface area contributed by atoms with E-state index < -0.39 is 12.1 Å². The summed E-state index contributed by atoms with van der Waals surface area (Å²) >= 11 is 0. The second kappa shape index (κ2) is 6.42. The van der Waals surface area contributed by atoms with Crippen LogP contribution in [0, 0.1) is 0 Å². The summed E-state index contributed by atoms with van der Waals surface area (Å²) in [6.07, 6.45) is -4.24. The van der Waals surface area contributed by atoms with Crippen molar-refractivity contribution in [1.82, 2.24) is 0 Å². The Hall–Kier alpha value is -1.32. The number of halogens is 3. The minimum Gasteiger partial charge on any atom is -0.295 e. The van der Waals surface area contributed by atoms with Crippen LogP contribution in [-0.2, 0) is 0 Å². The summed E-state index contributed by atoms with van der Waals surface area (Å²) < 4.78 is 37.0. The molecule has 1 rings (SSSR count). The Morgan fingerprint density at radius 3 is 1.82 bits per heavy atom. The maximum Gasteiger partial charge on any atom is 0.395 e. The molecule has 96 valence electrons. The molecular weight excluding hydrogens is 229 g/mol. The van der Waals surface area contributed by atoms with Crippen LogP contribution in [0.5, 0.6) is 0 Å². The van der Waals surface area contributed by atoms with E-state index in [9.17, 15) is 18.0 Å². The number of carbonyl (C=O) groups is 1. The summed E-state index contributed by atoms with van der Waals surface area (Å²) in [6.45, 7) is 6.48. The van der Waals surface area contributed by atoms with Gasteiger partial charge in [0.25, 0.3) is 0 Å². The molecule has 1 nitrogen and oxygen atoms in total. The Kier molecular flexibility index (Phi) is 5.93. The number of carbonyl (C=O) groups excluding carboxylic acids is 1. The van der Waals surface area contributed by atoms with Crippen LogP contribution in [0.3, 0.4) is 0 Å². The van der Waals surface area contributed by atoms with E-state index in [1.807, 2.05) is 13.8 Å². The number of Topliss-reactive ketones (excluding diaryl/α,β-unsaturated/α-hetero) is 1. The number of hydrogen-bond acceptors (Lipinski definition) is 1. The van der Waals surface area contributed by atoms with E-state index in [2.05, 4.69) is 0 Å². The zero-order chi connectivity index (χ0) is 13.6. The first-order valence-corrected chi connectivity index (χ1v) is 5.50. The summed E-state index contributed by atoms with van der Waals surface area (Å²) in [7, 11) is 0. The topological polar surface area (TPSA) is 17.1 Å². The summed E-state index contributed by atoms with van der Waals surface area (Å²) in [5, 5.41) is 0. The third kappa shape index (κ3) is 4.59. The molecule has 0 amide bonds. The van der Waals surface area contributed by atoms with Gasteiger partial charge in [-0.1, -0.05) is 38.1 Å². The molecule has 17 heavy (non-hydrogen) atoms. The first-order valence-electron chi connectivity index (χ1n) is 5.50. The molecule has 0 aliphatic rings. The molecule has 1 atom stereocenters. The van der Waals surface area contributed by atoms with Crippen molar-refractivity contribution >= 4 is 5.78 Å². The average Bonchev–Trinajstić information content (AvgIpc) is 2.29. The molecule has 0 spiro atoms. The van der Waals surface area contributed by atoms with E-state index >= 15 is 0 Å². The molecule has 0 radical (unpaired) electrons. The summed E-state index contributed by atoms with van der Waals surface area (Å²) in [6, 6.07) is 5.52. The van der Waals surface area contributed by atoms with Crippen LogP contribution in [0.15, 0.2) is 24.3 Å². The van der Waals surface area contributed by atoms with Gasteiger partial charge in [-0.2, -0.15) is 13.2 Å². The van der Waals surface area contributed by atoms with E-state index in [1.165, 1.54) is 31.2 Å². The standard InChI is InChI=1S/C11H11F3O.C2H6/c1-7(11(12,13)14)9-3-5-10(6-4-9)8(2)15;1-2/h3-7H,1-2H3;1-2H3. The number of ketones is 1. The average molecular weight is 246 g/mol. The second-order valence-electron chi connectivity index (χ2n) is 3.44. The molecule has 0 bridgehead atoms. The lowest BCUT2D eigenvalue weighted by Crippen LogP contribution is -2.17. The predicted octanol–water partition coefficient (Wildman–Crippen LogP) is 4.58. The lowest BCUT2D eigenvalue weighted by atomic mass is 9.99. The van der Waals surface area contributed by atoms with Crippen molar-refractivity contribution in [3.8, 4) is 0 Å². The van der Waals surface area contributed by atoms with Gasteiger partial charge >= 0.3 is 6.18 Å². The van der Waals surface area contributed by atoms with Crippen molar-refractivity contribution in [2.24, 2.45) is 0 Å². The van der Waals surface area contributed by atoms with Gasteiger partial charge in [-0.3, -0.25) is 4.79 Å². The van der Waals surface area contributed by atoms with Crippen LogP contribution >= 0.6 is 0 Å². The Morgan fingerprint density at radius 2 is 1.53 bits per heavy atom. The van der Waals surface area contributed by atoms with Crippen LogP contribution in [0.2, 0.25) is 0 Å². The van der Waals surface area contributed by atoms with Gasteiger partial charge in [0.05, 0.1) is 5.92 Å². The molecule has 1 aromatic rings. The Bertz CT molecular complexity index is 352. The van der Waals surface area contributed by atoms with E-state index in [1.54, 1.807) is 0 Å². The fraction of sp³-hybridized carbons (Fsp3) is 0.462. The molecule has 0 N–H and O–H groups in total. The highest BCUT2D eigenvalue weighted by molar-refractivity contribution is 5.94. The fourth-order valence-corrected chi connectivity index (χ4v) is 1.20. The van der Waals surface area contributed by atoms with Crippen molar-refractivity contribution in [3.05, 3.63) is 35.4 Å². The summed E-state index contributed by atoms with van der Waals surface area (Å²) in [5.74, 6) is -1.65. The zero-order valence-corrected chi connectivity index (χ0v) is 10.4. The smallest absolute Gasteiger partial charge is 0.295 e. The Balaban J connectivity index is 0.00000121. The molecular formula is C13H17F3O. The molecule has 0 aliphatic heterocycles. The summed E-state index contributed by atoms with van der Waals surface area (Å²) in [4.78, 5) is 10.9. The SMILES string of the molecule is CC.CC(=O)c1ccc(C(C)C(F)(F)F)cc1. The lowest BCUT2D eigenvalue weighted by molar-refractivity contribution is -0.146. The van der Waals surface area contributed by atoms with Gasteiger partial charge in [-0.25, -0.2) is 0 Å². The molecule has 0 aromatic heterocycles. The van der Waals surface area contributed by atoms with Crippen molar-refractivity contribution in [3.63, 3.8) is 0 Å². The van der Waals surface area contributed by atoms with Gasteiger partial charge in [0.15, 0.2) is 5.78 Å². The predicted molar refractivity (Wildman–Crippen MR) is 62.3 cm³/mol. The largest absolute Gasteiger partial charge is 0.395 e. The minimum atomic E-state index is -4.24. The Labute approximate surface area is 99.6 Å². The third-order valence-corrected chi connectivity index (χ3v) is 2.31. The van der Waals surface area contributed by atoms with Crippen LogP contribution in [-0.4, -0.2) is 12.0 Å². The van der Waals surface area contributed by atoms with Crippen LogP contribution in [0.25, 0.3) is 0 Å². The van der Waals surface area contributed by atoms with E-state index in [0.29, 0.717) is 5.56 Å². The number of alkyl halides is 3. The molecule has 0 heterocycles.